The first-order valence-electron chi connectivity index (χ1n) is 5.75. The van der Waals surface area contributed by atoms with Gasteiger partial charge in [0.15, 0.2) is 5.11 Å². The van der Waals surface area contributed by atoms with Gasteiger partial charge >= 0.3 is 0 Å². The van der Waals surface area contributed by atoms with Gasteiger partial charge in [-0.15, -0.1) is 0 Å². The van der Waals surface area contributed by atoms with Crippen molar-refractivity contribution in [2.45, 2.75) is 6.92 Å². The summed E-state index contributed by atoms with van der Waals surface area (Å²) in [4.78, 5) is 13.6. The Morgan fingerprint density at radius 1 is 1.28 bits per heavy atom. The maximum Gasteiger partial charge on any atom is 0.273 e. The molecule has 1 aromatic rings. The highest BCUT2D eigenvalue weighted by Crippen LogP contribution is 2.15. The zero-order valence-electron chi connectivity index (χ0n) is 10.4. The van der Waals surface area contributed by atoms with Crippen molar-refractivity contribution in [2.24, 2.45) is 0 Å². The van der Waals surface area contributed by atoms with Crippen LogP contribution < -0.4 is 15.5 Å². The summed E-state index contributed by atoms with van der Waals surface area (Å²) in [6.07, 6.45) is 1.78. The molecule has 0 atom stereocenters. The number of thiocarbonyl (C=S) groups is 1. The second-order valence-electron chi connectivity index (χ2n) is 4.07. The normalized spacial score (nSPS) is 16.7. The highest BCUT2D eigenvalue weighted by Gasteiger charge is 2.19. The molecule has 1 aromatic carbocycles. The Kier molecular flexibility index (Phi) is 3.62. The summed E-state index contributed by atoms with van der Waals surface area (Å²) in [5.74, 6) is -0.185. The van der Waals surface area contributed by atoms with Gasteiger partial charge in [-0.2, -0.15) is 0 Å². The maximum absolute atomic E-state index is 11.5. The van der Waals surface area contributed by atoms with Crippen LogP contribution in [-0.4, -0.2) is 24.6 Å². The number of carbonyl (C=O) groups is 1. The van der Waals surface area contributed by atoms with E-state index in [4.69, 9.17) is 12.2 Å². The standard InChI is InChI=1S/C13H15N3OS/c1-3-16(2)10-6-4-9(5-7-10)8-11-12(17)15-13(18)14-11/h4-8H,3H2,1-2H3,(H2,14,15,17,18)/b11-8+. The minimum Gasteiger partial charge on any atom is -0.375 e. The Morgan fingerprint density at radius 2 is 1.94 bits per heavy atom. The molecular weight excluding hydrogens is 246 g/mol. The highest BCUT2D eigenvalue weighted by atomic mass is 32.1. The molecule has 94 valence electrons. The van der Waals surface area contributed by atoms with Crippen molar-refractivity contribution < 1.29 is 4.79 Å². The molecular formula is C13H15N3OS. The topological polar surface area (TPSA) is 44.4 Å². The van der Waals surface area contributed by atoms with Crippen molar-refractivity contribution in [3.8, 4) is 0 Å². The van der Waals surface area contributed by atoms with Crippen LogP contribution in [0.3, 0.4) is 0 Å². The van der Waals surface area contributed by atoms with E-state index in [0.29, 0.717) is 10.8 Å². The van der Waals surface area contributed by atoms with Gasteiger partial charge in [0.25, 0.3) is 5.91 Å². The van der Waals surface area contributed by atoms with Crippen LogP contribution in [0.2, 0.25) is 0 Å². The van der Waals surface area contributed by atoms with Gasteiger partial charge in [-0.3, -0.25) is 10.1 Å². The molecule has 1 fully saturated rings. The maximum atomic E-state index is 11.5. The molecule has 0 radical (unpaired) electrons. The molecule has 0 unspecified atom stereocenters. The van der Waals surface area contributed by atoms with Crippen LogP contribution in [0, 0.1) is 0 Å². The van der Waals surface area contributed by atoms with Gasteiger partial charge in [-0.1, -0.05) is 12.1 Å². The van der Waals surface area contributed by atoms with E-state index in [0.717, 1.165) is 17.8 Å². The number of amides is 1. The van der Waals surface area contributed by atoms with E-state index in [-0.39, 0.29) is 5.91 Å². The molecule has 2 rings (SSSR count). The molecule has 2 N–H and O–H groups in total. The number of hydrogen-bond acceptors (Lipinski definition) is 3. The number of hydrogen-bond donors (Lipinski definition) is 2. The molecule has 0 bridgehead atoms. The summed E-state index contributed by atoms with van der Waals surface area (Å²) >= 11 is 4.87. The van der Waals surface area contributed by atoms with Crippen molar-refractivity contribution >= 4 is 35.0 Å². The predicted molar refractivity (Wildman–Crippen MR) is 77.2 cm³/mol. The number of benzene rings is 1. The molecule has 4 nitrogen and oxygen atoms in total. The summed E-state index contributed by atoms with van der Waals surface area (Å²) in [6, 6.07) is 8.01. The van der Waals surface area contributed by atoms with Crippen LogP contribution in [-0.2, 0) is 4.79 Å². The zero-order chi connectivity index (χ0) is 13.1. The Bertz CT molecular complexity index is 507. The van der Waals surface area contributed by atoms with Crippen LogP contribution >= 0.6 is 12.2 Å². The summed E-state index contributed by atoms with van der Waals surface area (Å²) in [5, 5.41) is 5.71. The quantitative estimate of drug-likeness (QED) is 0.639. The number of nitrogens with one attached hydrogen (secondary N) is 2. The fraction of sp³-hybridized carbons (Fsp3) is 0.231. The monoisotopic (exact) mass is 261 g/mol. The second kappa shape index (κ2) is 5.18. The Balaban J connectivity index is 2.18. The van der Waals surface area contributed by atoms with E-state index in [1.54, 1.807) is 6.08 Å². The fourth-order valence-electron chi connectivity index (χ4n) is 1.66. The Hall–Kier alpha value is -1.88. The molecule has 0 spiro atoms. The van der Waals surface area contributed by atoms with Crippen molar-refractivity contribution in [2.75, 3.05) is 18.5 Å². The van der Waals surface area contributed by atoms with E-state index in [9.17, 15) is 4.79 Å². The van der Waals surface area contributed by atoms with Gasteiger partial charge in [-0.25, -0.2) is 0 Å². The molecule has 1 aliphatic rings. The predicted octanol–water partition coefficient (Wildman–Crippen LogP) is 1.49. The first-order valence-corrected chi connectivity index (χ1v) is 6.16. The van der Waals surface area contributed by atoms with Gasteiger partial charge in [0, 0.05) is 19.3 Å². The molecule has 0 aliphatic carbocycles. The van der Waals surface area contributed by atoms with E-state index >= 15 is 0 Å². The number of anilines is 1. The van der Waals surface area contributed by atoms with Crippen LogP contribution in [0.15, 0.2) is 30.0 Å². The molecule has 0 saturated carbocycles. The smallest absolute Gasteiger partial charge is 0.273 e. The average Bonchev–Trinajstić information content (AvgIpc) is 2.68. The van der Waals surface area contributed by atoms with Crippen LogP contribution in [0.4, 0.5) is 5.69 Å². The number of rotatable bonds is 3. The third kappa shape index (κ3) is 2.68. The van der Waals surface area contributed by atoms with Crippen molar-refractivity contribution in [1.82, 2.24) is 10.6 Å². The molecule has 1 amide bonds. The van der Waals surface area contributed by atoms with E-state index in [1.165, 1.54) is 0 Å². The van der Waals surface area contributed by atoms with Crippen molar-refractivity contribution in [1.29, 1.82) is 0 Å². The molecule has 0 aromatic heterocycles. The van der Waals surface area contributed by atoms with Crippen LogP contribution in [0.25, 0.3) is 6.08 Å². The van der Waals surface area contributed by atoms with E-state index < -0.39 is 0 Å². The third-order valence-corrected chi connectivity index (χ3v) is 3.04. The van der Waals surface area contributed by atoms with E-state index in [2.05, 4.69) is 22.5 Å². The summed E-state index contributed by atoms with van der Waals surface area (Å²) in [7, 11) is 2.04. The van der Waals surface area contributed by atoms with Crippen LogP contribution in [0.5, 0.6) is 0 Å². The van der Waals surface area contributed by atoms with Gasteiger partial charge in [0.05, 0.1) is 0 Å². The molecule has 5 heteroatoms. The summed E-state index contributed by atoms with van der Waals surface area (Å²) in [6.45, 7) is 3.06. The lowest BCUT2D eigenvalue weighted by Crippen LogP contribution is -2.21. The Morgan fingerprint density at radius 3 is 2.44 bits per heavy atom. The molecule has 1 heterocycles. The first kappa shape index (κ1) is 12.6. The number of nitrogens with zero attached hydrogens (tertiary/aromatic N) is 1. The minimum absolute atomic E-state index is 0.185. The van der Waals surface area contributed by atoms with Gasteiger partial charge < -0.3 is 10.2 Å². The molecule has 1 saturated heterocycles. The SMILES string of the molecule is CCN(C)c1ccc(/C=C2/NC(=S)NC2=O)cc1. The lowest BCUT2D eigenvalue weighted by molar-refractivity contribution is -0.115. The van der Waals surface area contributed by atoms with Gasteiger partial charge in [-0.05, 0) is 42.9 Å². The van der Waals surface area contributed by atoms with Crippen LogP contribution in [0.1, 0.15) is 12.5 Å². The Labute approximate surface area is 112 Å². The van der Waals surface area contributed by atoms with Crippen molar-refractivity contribution in [3.63, 3.8) is 0 Å². The lowest BCUT2D eigenvalue weighted by Gasteiger charge is -2.16. The average molecular weight is 261 g/mol. The molecule has 1 aliphatic heterocycles. The lowest BCUT2D eigenvalue weighted by atomic mass is 10.1. The minimum atomic E-state index is -0.185. The highest BCUT2D eigenvalue weighted by molar-refractivity contribution is 7.80. The molecule has 18 heavy (non-hydrogen) atoms. The van der Waals surface area contributed by atoms with Crippen molar-refractivity contribution in [3.05, 3.63) is 35.5 Å². The second-order valence-corrected chi connectivity index (χ2v) is 4.48. The third-order valence-electron chi connectivity index (χ3n) is 2.84. The summed E-state index contributed by atoms with van der Waals surface area (Å²) < 4.78 is 0. The first-order chi connectivity index (χ1) is 8.60. The van der Waals surface area contributed by atoms with Gasteiger partial charge in [0.2, 0.25) is 0 Å². The summed E-state index contributed by atoms with van der Waals surface area (Å²) in [5.41, 5.74) is 2.60. The fourth-order valence-corrected chi connectivity index (χ4v) is 1.86. The van der Waals surface area contributed by atoms with Gasteiger partial charge in [0.1, 0.15) is 5.70 Å². The largest absolute Gasteiger partial charge is 0.375 e. The van der Waals surface area contributed by atoms with E-state index in [1.807, 2.05) is 31.3 Å². The zero-order valence-corrected chi connectivity index (χ0v) is 11.2. The number of carbonyl (C=O) groups excluding carboxylic acids is 1.